The zero-order chi connectivity index (χ0) is 21.7. The third kappa shape index (κ3) is 5.56. The molecule has 0 aliphatic rings. The number of rotatable bonds is 8. The van der Waals surface area contributed by atoms with Crippen molar-refractivity contribution in [3.63, 3.8) is 0 Å². The van der Waals surface area contributed by atoms with Crippen molar-refractivity contribution in [2.45, 2.75) is 18.1 Å². The van der Waals surface area contributed by atoms with E-state index in [1.807, 2.05) is 0 Å². The number of alkyl halides is 2. The number of anilines is 2. The minimum absolute atomic E-state index is 0.0741. The maximum atomic E-state index is 13.2. The highest BCUT2D eigenvalue weighted by Gasteiger charge is 2.16. The van der Waals surface area contributed by atoms with Gasteiger partial charge in [-0.2, -0.15) is 8.78 Å². The highest BCUT2D eigenvalue weighted by atomic mass is 32.2. The molecule has 0 bridgehead atoms. The Kier molecular flexibility index (Phi) is 6.35. The quantitative estimate of drug-likeness (QED) is 0.516. The van der Waals surface area contributed by atoms with Gasteiger partial charge in [0.2, 0.25) is 0 Å². The minimum Gasteiger partial charge on any atom is -0.433 e. The number of halogens is 4. The normalized spacial score (nSPS) is 11.4. The van der Waals surface area contributed by atoms with Crippen molar-refractivity contribution in [1.82, 2.24) is 9.97 Å². The van der Waals surface area contributed by atoms with Gasteiger partial charge in [-0.05, 0) is 36.4 Å². The molecule has 1 aromatic carbocycles. The number of aromatic nitrogens is 2. The van der Waals surface area contributed by atoms with Crippen LogP contribution in [-0.2, 0) is 16.6 Å². The summed E-state index contributed by atoms with van der Waals surface area (Å²) in [5, 5.41) is 2.89. The molecule has 0 atom stereocenters. The molecular formula is C18H14F4N4O3S. The molecular weight excluding hydrogens is 428 g/mol. The fraction of sp³-hybridized carbons (Fsp3) is 0.111. The number of hydrogen-bond donors (Lipinski definition) is 2. The Morgan fingerprint density at radius 3 is 2.37 bits per heavy atom. The Morgan fingerprint density at radius 2 is 1.77 bits per heavy atom. The molecule has 7 nitrogen and oxygen atoms in total. The largest absolute Gasteiger partial charge is 0.433 e. The van der Waals surface area contributed by atoms with E-state index in [-0.39, 0.29) is 22.9 Å². The highest BCUT2D eigenvalue weighted by molar-refractivity contribution is 7.92. The molecule has 0 radical (unpaired) electrons. The van der Waals surface area contributed by atoms with E-state index in [9.17, 15) is 26.0 Å². The Hall–Kier alpha value is -3.41. The van der Waals surface area contributed by atoms with Crippen LogP contribution < -0.4 is 14.8 Å². The van der Waals surface area contributed by atoms with Crippen molar-refractivity contribution in [1.29, 1.82) is 0 Å². The van der Waals surface area contributed by atoms with E-state index in [0.717, 1.165) is 30.6 Å². The Labute approximate surface area is 168 Å². The molecule has 3 rings (SSSR count). The topological polar surface area (TPSA) is 93.2 Å². The first-order valence-electron chi connectivity index (χ1n) is 8.30. The molecule has 2 N–H and O–H groups in total. The van der Waals surface area contributed by atoms with Gasteiger partial charge in [-0.3, -0.25) is 9.71 Å². The average Bonchev–Trinajstić information content (AvgIpc) is 2.70. The predicted octanol–water partition coefficient (Wildman–Crippen LogP) is 3.77. The van der Waals surface area contributed by atoms with Crippen LogP contribution in [0.3, 0.4) is 0 Å². The number of sulfonamides is 1. The second kappa shape index (κ2) is 8.95. The van der Waals surface area contributed by atoms with E-state index in [2.05, 4.69) is 24.7 Å². The van der Waals surface area contributed by atoms with Crippen molar-refractivity contribution in [2.75, 3.05) is 10.0 Å². The van der Waals surface area contributed by atoms with E-state index >= 15 is 0 Å². The first-order chi connectivity index (χ1) is 14.2. The second-order valence-corrected chi connectivity index (χ2v) is 7.51. The minimum atomic E-state index is -4.06. The first-order valence-corrected chi connectivity index (χ1v) is 9.79. The van der Waals surface area contributed by atoms with Gasteiger partial charge < -0.3 is 10.1 Å². The molecule has 12 heteroatoms. The Balaban J connectivity index is 1.61. The SMILES string of the molecule is O=S(=O)(Nc1ccc(F)c(F)c1)c1ccc(NCc2ccc(OC(F)F)cn2)nc1. The number of nitrogens with zero attached hydrogens (tertiary/aromatic N) is 2. The van der Waals surface area contributed by atoms with Gasteiger partial charge in [-0.1, -0.05) is 0 Å². The molecule has 0 unspecified atom stereocenters. The molecule has 2 aromatic heterocycles. The summed E-state index contributed by atoms with van der Waals surface area (Å²) >= 11 is 0. The molecule has 3 aromatic rings. The number of ether oxygens (including phenoxy) is 1. The molecule has 2 heterocycles. The van der Waals surface area contributed by atoms with Crippen molar-refractivity contribution in [3.8, 4) is 5.75 Å². The summed E-state index contributed by atoms with van der Waals surface area (Å²) in [6.45, 7) is -2.74. The molecule has 30 heavy (non-hydrogen) atoms. The summed E-state index contributed by atoms with van der Waals surface area (Å²) in [6, 6.07) is 8.10. The maximum absolute atomic E-state index is 13.2. The maximum Gasteiger partial charge on any atom is 0.387 e. The second-order valence-electron chi connectivity index (χ2n) is 5.83. The van der Waals surface area contributed by atoms with Gasteiger partial charge >= 0.3 is 6.61 Å². The average molecular weight is 442 g/mol. The van der Waals surface area contributed by atoms with Crippen molar-refractivity contribution < 1.29 is 30.7 Å². The van der Waals surface area contributed by atoms with Crippen LogP contribution in [0.4, 0.5) is 29.1 Å². The summed E-state index contributed by atoms with van der Waals surface area (Å²) in [7, 11) is -4.06. The molecule has 0 aliphatic carbocycles. The molecule has 158 valence electrons. The molecule has 0 fully saturated rings. The fourth-order valence-corrected chi connectivity index (χ4v) is 3.28. The van der Waals surface area contributed by atoms with Crippen LogP contribution in [0.15, 0.2) is 59.8 Å². The first kappa shape index (κ1) is 21.3. The molecule has 0 saturated heterocycles. The smallest absolute Gasteiger partial charge is 0.387 e. The van der Waals surface area contributed by atoms with Crippen LogP contribution in [-0.4, -0.2) is 25.0 Å². The monoisotopic (exact) mass is 442 g/mol. The standard InChI is InChI=1S/C18H14F4N4O3S/c19-15-5-2-11(7-16(15)20)26-30(27,28)14-4-6-17(25-10-14)24-8-12-1-3-13(9-23-12)29-18(21)22/h1-7,9-10,18,26H,8H2,(H,24,25). The van der Waals surface area contributed by atoms with Gasteiger partial charge in [0.1, 0.15) is 16.5 Å². The third-order valence-corrected chi connectivity index (χ3v) is 5.06. The van der Waals surface area contributed by atoms with E-state index < -0.39 is 28.3 Å². The predicted molar refractivity (Wildman–Crippen MR) is 99.6 cm³/mol. The molecule has 0 saturated carbocycles. The number of hydrogen-bond acceptors (Lipinski definition) is 6. The van der Waals surface area contributed by atoms with Crippen molar-refractivity contribution in [2.24, 2.45) is 0 Å². The van der Waals surface area contributed by atoms with Crippen LogP contribution in [0, 0.1) is 11.6 Å². The molecule has 0 aliphatic heterocycles. The van der Waals surface area contributed by atoms with Crippen molar-refractivity contribution in [3.05, 3.63) is 72.2 Å². The highest BCUT2D eigenvalue weighted by Crippen LogP contribution is 2.19. The van der Waals surface area contributed by atoms with Crippen LogP contribution in [0.2, 0.25) is 0 Å². The summed E-state index contributed by atoms with van der Waals surface area (Å²) < 4.78 is 81.4. The van der Waals surface area contributed by atoms with Crippen LogP contribution in [0.1, 0.15) is 5.69 Å². The Morgan fingerprint density at radius 1 is 0.967 bits per heavy atom. The summed E-state index contributed by atoms with van der Waals surface area (Å²) in [5.41, 5.74) is 0.372. The van der Waals surface area contributed by atoms with Gasteiger partial charge in [0.25, 0.3) is 10.0 Å². The fourth-order valence-electron chi connectivity index (χ4n) is 2.29. The molecule has 0 spiro atoms. The zero-order valence-electron chi connectivity index (χ0n) is 15.0. The summed E-state index contributed by atoms with van der Waals surface area (Å²) in [4.78, 5) is 7.74. The summed E-state index contributed by atoms with van der Waals surface area (Å²) in [5.74, 6) is -2.03. The number of benzene rings is 1. The lowest BCUT2D eigenvalue weighted by atomic mass is 10.3. The van der Waals surface area contributed by atoms with E-state index in [4.69, 9.17) is 0 Å². The zero-order valence-corrected chi connectivity index (χ0v) is 15.8. The van der Waals surface area contributed by atoms with Crippen molar-refractivity contribution >= 4 is 21.5 Å². The third-order valence-electron chi connectivity index (χ3n) is 3.69. The van der Waals surface area contributed by atoms with Gasteiger partial charge in [0.05, 0.1) is 24.1 Å². The van der Waals surface area contributed by atoms with Crippen LogP contribution in [0.5, 0.6) is 5.75 Å². The van der Waals surface area contributed by atoms with Gasteiger partial charge in [-0.25, -0.2) is 22.2 Å². The molecule has 0 amide bonds. The van der Waals surface area contributed by atoms with Gasteiger partial charge in [0, 0.05) is 12.3 Å². The van der Waals surface area contributed by atoms with Crippen LogP contribution >= 0.6 is 0 Å². The lowest BCUT2D eigenvalue weighted by Crippen LogP contribution is -2.14. The Bertz CT molecular complexity index is 1110. The van der Waals surface area contributed by atoms with E-state index in [0.29, 0.717) is 11.5 Å². The van der Waals surface area contributed by atoms with Crippen LogP contribution in [0.25, 0.3) is 0 Å². The van der Waals surface area contributed by atoms with Gasteiger partial charge in [0.15, 0.2) is 11.6 Å². The lowest BCUT2D eigenvalue weighted by molar-refractivity contribution is -0.0500. The summed E-state index contributed by atoms with van der Waals surface area (Å²) in [6.07, 6.45) is 2.23. The number of pyridine rings is 2. The van der Waals surface area contributed by atoms with E-state index in [1.54, 1.807) is 0 Å². The van der Waals surface area contributed by atoms with Gasteiger partial charge in [-0.15, -0.1) is 0 Å². The van der Waals surface area contributed by atoms with E-state index in [1.165, 1.54) is 24.3 Å². The number of nitrogens with one attached hydrogen (secondary N) is 2. The lowest BCUT2D eigenvalue weighted by Gasteiger charge is -2.10.